The number of hydrogen-bond acceptors (Lipinski definition) is 4. The molecule has 0 atom stereocenters. The predicted octanol–water partition coefficient (Wildman–Crippen LogP) is 4.05. The van der Waals surface area contributed by atoms with Crippen molar-refractivity contribution in [3.8, 4) is 5.75 Å². The summed E-state index contributed by atoms with van der Waals surface area (Å²) in [4.78, 5) is 12.6. The highest BCUT2D eigenvalue weighted by molar-refractivity contribution is 9.10. The van der Waals surface area contributed by atoms with Gasteiger partial charge in [0.05, 0.1) is 7.11 Å². The lowest BCUT2D eigenvalue weighted by atomic mass is 10.2. The van der Waals surface area contributed by atoms with Gasteiger partial charge in [0.25, 0.3) is 5.91 Å². The van der Waals surface area contributed by atoms with Crippen molar-refractivity contribution in [1.82, 2.24) is 4.31 Å². The summed E-state index contributed by atoms with van der Waals surface area (Å²) < 4.78 is 33.3. The monoisotopic (exact) mass is 454 g/mol. The number of ether oxygens (including phenoxy) is 1. The zero-order valence-corrected chi connectivity index (χ0v) is 18.1. The van der Waals surface area contributed by atoms with E-state index in [1.54, 1.807) is 26.0 Å². The summed E-state index contributed by atoms with van der Waals surface area (Å²) in [6.45, 7) is 6.11. The Kier molecular flexibility index (Phi) is 7.02. The molecule has 0 aliphatic carbocycles. The lowest BCUT2D eigenvalue weighted by Crippen LogP contribution is -2.31. The van der Waals surface area contributed by atoms with Crippen molar-refractivity contribution in [2.24, 2.45) is 0 Å². The molecule has 0 saturated carbocycles. The Morgan fingerprint density at radius 3 is 2.37 bits per heavy atom. The number of benzene rings is 2. The van der Waals surface area contributed by atoms with Gasteiger partial charge in [0.1, 0.15) is 10.6 Å². The van der Waals surface area contributed by atoms with E-state index in [1.807, 2.05) is 19.1 Å². The Morgan fingerprint density at radius 2 is 1.81 bits per heavy atom. The van der Waals surface area contributed by atoms with Crippen molar-refractivity contribution < 1.29 is 17.9 Å². The number of carbonyl (C=O) groups excluding carboxylic acids is 1. The number of carbonyl (C=O) groups is 1. The number of nitrogens with zero attached hydrogens (tertiary/aromatic N) is 1. The fourth-order valence-corrected chi connectivity index (χ4v) is 4.53. The Hall–Kier alpha value is -1.90. The van der Waals surface area contributed by atoms with Crippen molar-refractivity contribution in [1.29, 1.82) is 0 Å². The van der Waals surface area contributed by atoms with Gasteiger partial charge in [-0.05, 0) is 48.9 Å². The molecule has 2 aromatic carbocycles. The third-order valence-corrected chi connectivity index (χ3v) is 7.13. The summed E-state index contributed by atoms with van der Waals surface area (Å²) in [6, 6.07) is 9.84. The highest BCUT2D eigenvalue weighted by Gasteiger charge is 2.26. The van der Waals surface area contributed by atoms with E-state index >= 15 is 0 Å². The second-order valence-electron chi connectivity index (χ2n) is 5.87. The predicted molar refractivity (Wildman–Crippen MR) is 110 cm³/mol. The second kappa shape index (κ2) is 8.86. The van der Waals surface area contributed by atoms with Crippen LogP contribution < -0.4 is 10.1 Å². The summed E-state index contributed by atoms with van der Waals surface area (Å²) in [5.74, 6) is -0.187. The van der Waals surface area contributed by atoms with Gasteiger partial charge in [-0.3, -0.25) is 4.79 Å². The number of halogens is 1. The molecule has 0 aliphatic heterocycles. The standard InChI is InChI=1S/C19H23BrN2O4S/c1-5-22(6-2)27(24,25)18-12-14(7-10-17(18)26-4)19(23)21-15-8-9-16(20)13(3)11-15/h7-12H,5-6H2,1-4H3,(H,21,23). The molecular weight excluding hydrogens is 432 g/mol. The largest absolute Gasteiger partial charge is 0.495 e. The minimum Gasteiger partial charge on any atom is -0.495 e. The minimum absolute atomic E-state index is 0.0201. The number of nitrogens with one attached hydrogen (secondary N) is 1. The van der Waals surface area contributed by atoms with Crippen molar-refractivity contribution in [3.05, 3.63) is 52.0 Å². The van der Waals surface area contributed by atoms with Crippen LogP contribution in [0.4, 0.5) is 5.69 Å². The Labute approximate surface area is 168 Å². The van der Waals surface area contributed by atoms with Gasteiger partial charge in [0.15, 0.2) is 0 Å². The molecule has 0 bridgehead atoms. The third kappa shape index (κ3) is 4.69. The van der Waals surface area contributed by atoms with Crippen LogP contribution in [0, 0.1) is 6.92 Å². The Morgan fingerprint density at radius 1 is 1.15 bits per heavy atom. The van der Waals surface area contributed by atoms with Crippen molar-refractivity contribution in [2.45, 2.75) is 25.7 Å². The van der Waals surface area contributed by atoms with Crippen LogP contribution in [0.5, 0.6) is 5.75 Å². The van der Waals surface area contributed by atoms with Crippen LogP contribution in [-0.2, 0) is 10.0 Å². The van der Waals surface area contributed by atoms with Gasteiger partial charge in [-0.2, -0.15) is 4.31 Å². The first-order valence-electron chi connectivity index (χ1n) is 8.50. The molecule has 0 aromatic heterocycles. The maximum Gasteiger partial charge on any atom is 0.255 e. The molecule has 0 radical (unpaired) electrons. The van der Waals surface area contributed by atoms with Gasteiger partial charge in [-0.1, -0.05) is 29.8 Å². The van der Waals surface area contributed by atoms with Crippen LogP contribution in [0.2, 0.25) is 0 Å². The first kappa shape index (κ1) is 21.4. The van der Waals surface area contributed by atoms with E-state index in [0.29, 0.717) is 18.8 Å². The fraction of sp³-hybridized carbons (Fsp3) is 0.316. The second-order valence-corrected chi connectivity index (χ2v) is 8.63. The molecular formula is C19H23BrN2O4S. The molecule has 2 rings (SSSR count). The summed E-state index contributed by atoms with van der Waals surface area (Å²) in [6.07, 6.45) is 0. The molecule has 0 unspecified atom stereocenters. The molecule has 0 aliphatic rings. The van der Waals surface area contributed by atoms with Crippen LogP contribution in [0.3, 0.4) is 0 Å². The molecule has 0 fully saturated rings. The smallest absolute Gasteiger partial charge is 0.255 e. The third-order valence-electron chi connectivity index (χ3n) is 4.16. The molecule has 1 amide bonds. The van der Waals surface area contributed by atoms with Crippen molar-refractivity contribution in [3.63, 3.8) is 0 Å². The highest BCUT2D eigenvalue weighted by Crippen LogP contribution is 2.28. The average molecular weight is 455 g/mol. The maximum absolute atomic E-state index is 12.9. The van der Waals surface area contributed by atoms with Crippen molar-refractivity contribution in [2.75, 3.05) is 25.5 Å². The van der Waals surface area contributed by atoms with Crippen LogP contribution >= 0.6 is 15.9 Å². The highest BCUT2D eigenvalue weighted by atomic mass is 79.9. The first-order valence-corrected chi connectivity index (χ1v) is 10.7. The fourth-order valence-electron chi connectivity index (χ4n) is 2.65. The molecule has 2 aromatic rings. The molecule has 0 spiro atoms. The summed E-state index contributed by atoms with van der Waals surface area (Å²) in [7, 11) is -2.36. The van der Waals surface area contributed by atoms with E-state index in [9.17, 15) is 13.2 Å². The zero-order valence-electron chi connectivity index (χ0n) is 15.7. The van der Waals surface area contributed by atoms with Crippen molar-refractivity contribution >= 4 is 37.5 Å². The number of sulfonamides is 1. The lowest BCUT2D eigenvalue weighted by molar-refractivity contribution is 0.102. The number of rotatable bonds is 7. The number of amides is 1. The van der Waals surface area contributed by atoms with Gasteiger partial charge in [0.2, 0.25) is 10.0 Å². The molecule has 0 heterocycles. The number of hydrogen-bond donors (Lipinski definition) is 1. The maximum atomic E-state index is 12.9. The number of anilines is 1. The van der Waals surface area contributed by atoms with Crippen LogP contribution in [0.15, 0.2) is 45.8 Å². The van der Waals surface area contributed by atoms with E-state index in [0.717, 1.165) is 10.0 Å². The molecule has 0 saturated heterocycles. The van der Waals surface area contributed by atoms with Gasteiger partial charge in [0, 0.05) is 28.8 Å². The van der Waals surface area contributed by atoms with E-state index in [4.69, 9.17) is 4.74 Å². The summed E-state index contributed by atoms with van der Waals surface area (Å²) in [5.41, 5.74) is 1.85. The number of aryl methyl sites for hydroxylation is 1. The van der Waals surface area contributed by atoms with Crippen LogP contribution in [0.25, 0.3) is 0 Å². The van der Waals surface area contributed by atoms with Gasteiger partial charge >= 0.3 is 0 Å². The minimum atomic E-state index is -3.76. The van der Waals surface area contributed by atoms with E-state index in [2.05, 4.69) is 21.2 Å². The zero-order chi connectivity index (χ0) is 20.2. The molecule has 146 valence electrons. The van der Waals surface area contributed by atoms with E-state index in [-0.39, 0.29) is 16.2 Å². The topological polar surface area (TPSA) is 75.7 Å². The van der Waals surface area contributed by atoms with E-state index < -0.39 is 15.9 Å². The van der Waals surface area contributed by atoms with Gasteiger partial charge in [-0.25, -0.2) is 8.42 Å². The Bertz CT molecular complexity index is 941. The quantitative estimate of drug-likeness (QED) is 0.684. The summed E-state index contributed by atoms with van der Waals surface area (Å²) >= 11 is 3.42. The summed E-state index contributed by atoms with van der Waals surface area (Å²) in [5, 5.41) is 2.79. The normalized spacial score (nSPS) is 11.5. The van der Waals surface area contributed by atoms with E-state index in [1.165, 1.54) is 23.5 Å². The average Bonchev–Trinajstić information content (AvgIpc) is 2.65. The molecule has 1 N–H and O–H groups in total. The number of methoxy groups -OCH3 is 1. The molecule has 6 nitrogen and oxygen atoms in total. The van der Waals surface area contributed by atoms with Crippen LogP contribution in [-0.4, -0.2) is 38.8 Å². The van der Waals surface area contributed by atoms with Gasteiger partial charge in [-0.15, -0.1) is 0 Å². The molecule has 27 heavy (non-hydrogen) atoms. The molecule has 8 heteroatoms. The first-order chi connectivity index (χ1) is 12.7. The van der Waals surface area contributed by atoms with Gasteiger partial charge < -0.3 is 10.1 Å². The van der Waals surface area contributed by atoms with Crippen LogP contribution in [0.1, 0.15) is 29.8 Å². The Balaban J connectivity index is 2.41. The SMILES string of the molecule is CCN(CC)S(=O)(=O)c1cc(C(=O)Nc2ccc(Br)c(C)c2)ccc1OC. The lowest BCUT2D eigenvalue weighted by Gasteiger charge is -2.20.